The van der Waals surface area contributed by atoms with Gasteiger partial charge in [0.15, 0.2) is 0 Å². The first-order chi connectivity index (χ1) is 9.33. The van der Waals surface area contributed by atoms with Crippen molar-refractivity contribution in [1.29, 1.82) is 0 Å². The second kappa shape index (κ2) is 7.85. The molecule has 1 saturated heterocycles. The standard InChI is InChI=1S/C14H28N4O/c1-3-8-19-9-7-16-14-11(2)13(17-10-18-14)12-5-4-6-15-12/h12,14-18H,3-10H2,1-2H3/t12-,14?/m1/s1. The van der Waals surface area contributed by atoms with E-state index in [1.54, 1.807) is 0 Å². The van der Waals surface area contributed by atoms with Crippen LogP contribution in [0.1, 0.15) is 33.1 Å². The molecule has 1 unspecified atom stereocenters. The van der Waals surface area contributed by atoms with Crippen LogP contribution in [0.15, 0.2) is 11.3 Å². The Kier molecular flexibility index (Phi) is 6.10. The molecule has 2 rings (SSSR count). The summed E-state index contributed by atoms with van der Waals surface area (Å²) in [5, 5.41) is 14.0. The van der Waals surface area contributed by atoms with Gasteiger partial charge in [0.05, 0.1) is 19.4 Å². The van der Waals surface area contributed by atoms with Crippen molar-refractivity contribution in [2.75, 3.05) is 33.0 Å². The lowest BCUT2D eigenvalue weighted by Crippen LogP contribution is -2.54. The fraction of sp³-hybridized carbons (Fsp3) is 0.857. The van der Waals surface area contributed by atoms with Gasteiger partial charge in [-0.2, -0.15) is 0 Å². The van der Waals surface area contributed by atoms with Crippen LogP contribution in [0.5, 0.6) is 0 Å². The quantitative estimate of drug-likeness (QED) is 0.507. The molecule has 110 valence electrons. The molecule has 2 aliphatic rings. The van der Waals surface area contributed by atoms with E-state index in [0.717, 1.165) is 39.4 Å². The lowest BCUT2D eigenvalue weighted by molar-refractivity contribution is 0.134. The van der Waals surface area contributed by atoms with Gasteiger partial charge in [0.2, 0.25) is 0 Å². The zero-order valence-corrected chi connectivity index (χ0v) is 12.2. The summed E-state index contributed by atoms with van der Waals surface area (Å²) in [5.74, 6) is 0. The van der Waals surface area contributed by atoms with Crippen molar-refractivity contribution in [3.63, 3.8) is 0 Å². The molecule has 0 amide bonds. The monoisotopic (exact) mass is 268 g/mol. The first-order valence-corrected chi connectivity index (χ1v) is 7.55. The maximum atomic E-state index is 5.50. The predicted octanol–water partition coefficient (Wildman–Crippen LogP) is 0.505. The SMILES string of the molecule is CCCOCCNC1NCNC([C@H]2CCCN2)=C1C. The van der Waals surface area contributed by atoms with Crippen molar-refractivity contribution in [1.82, 2.24) is 21.3 Å². The van der Waals surface area contributed by atoms with Gasteiger partial charge in [0.1, 0.15) is 0 Å². The third-order valence-corrected chi connectivity index (χ3v) is 3.79. The zero-order valence-electron chi connectivity index (χ0n) is 12.2. The van der Waals surface area contributed by atoms with Gasteiger partial charge < -0.3 is 15.4 Å². The number of hydrogen-bond donors (Lipinski definition) is 4. The highest BCUT2D eigenvalue weighted by molar-refractivity contribution is 5.24. The first kappa shape index (κ1) is 14.8. The third kappa shape index (κ3) is 4.18. The minimum Gasteiger partial charge on any atom is -0.380 e. The lowest BCUT2D eigenvalue weighted by Gasteiger charge is -2.32. The van der Waals surface area contributed by atoms with Crippen LogP contribution in [0.4, 0.5) is 0 Å². The number of nitrogens with one attached hydrogen (secondary N) is 4. The van der Waals surface area contributed by atoms with Crippen molar-refractivity contribution in [2.24, 2.45) is 0 Å². The van der Waals surface area contributed by atoms with E-state index in [9.17, 15) is 0 Å². The van der Waals surface area contributed by atoms with Gasteiger partial charge in [0, 0.05) is 24.9 Å². The Hall–Kier alpha value is -0.620. The molecule has 2 aliphatic heterocycles. The molecule has 4 N–H and O–H groups in total. The predicted molar refractivity (Wildman–Crippen MR) is 77.8 cm³/mol. The fourth-order valence-corrected chi connectivity index (χ4v) is 2.77. The van der Waals surface area contributed by atoms with E-state index >= 15 is 0 Å². The summed E-state index contributed by atoms with van der Waals surface area (Å²) in [7, 11) is 0. The molecule has 19 heavy (non-hydrogen) atoms. The van der Waals surface area contributed by atoms with Crippen molar-refractivity contribution < 1.29 is 4.74 Å². The minimum atomic E-state index is 0.267. The summed E-state index contributed by atoms with van der Waals surface area (Å²) in [5.41, 5.74) is 2.75. The van der Waals surface area contributed by atoms with Crippen LogP contribution in [-0.2, 0) is 4.74 Å². The molecule has 0 radical (unpaired) electrons. The molecule has 5 heteroatoms. The number of rotatable bonds is 7. The summed E-state index contributed by atoms with van der Waals surface area (Å²) in [6.45, 7) is 8.84. The smallest absolute Gasteiger partial charge is 0.0826 e. The fourth-order valence-electron chi connectivity index (χ4n) is 2.77. The molecular formula is C14H28N4O. The molecule has 1 fully saturated rings. The van der Waals surface area contributed by atoms with Gasteiger partial charge in [-0.1, -0.05) is 6.92 Å². The van der Waals surface area contributed by atoms with Crippen LogP contribution in [0.3, 0.4) is 0 Å². The molecule has 5 nitrogen and oxygen atoms in total. The minimum absolute atomic E-state index is 0.267. The normalized spacial score (nSPS) is 27.7. The van der Waals surface area contributed by atoms with Crippen LogP contribution in [0, 0.1) is 0 Å². The van der Waals surface area contributed by atoms with E-state index in [-0.39, 0.29) is 6.17 Å². The first-order valence-electron chi connectivity index (χ1n) is 7.55. The Morgan fingerprint density at radius 2 is 2.21 bits per heavy atom. The van der Waals surface area contributed by atoms with Crippen molar-refractivity contribution in [2.45, 2.75) is 45.3 Å². The summed E-state index contributed by atoms with van der Waals surface area (Å²) < 4.78 is 5.50. The van der Waals surface area contributed by atoms with Crippen LogP contribution in [0.2, 0.25) is 0 Å². The Labute approximate surface area is 116 Å². The maximum Gasteiger partial charge on any atom is 0.0826 e. The Bertz CT molecular complexity index is 300. The molecule has 2 atom stereocenters. The van der Waals surface area contributed by atoms with Gasteiger partial charge >= 0.3 is 0 Å². The summed E-state index contributed by atoms with van der Waals surface area (Å²) in [6, 6.07) is 0.516. The molecule has 0 bridgehead atoms. The van der Waals surface area contributed by atoms with Crippen LogP contribution in [0.25, 0.3) is 0 Å². The van der Waals surface area contributed by atoms with Crippen LogP contribution in [-0.4, -0.2) is 45.2 Å². The highest BCUT2D eigenvalue weighted by Gasteiger charge is 2.26. The highest BCUT2D eigenvalue weighted by Crippen LogP contribution is 2.18. The Balaban J connectivity index is 1.81. The van der Waals surface area contributed by atoms with Crippen molar-refractivity contribution in [3.05, 3.63) is 11.3 Å². The summed E-state index contributed by atoms with van der Waals surface area (Å²) in [4.78, 5) is 0. The van der Waals surface area contributed by atoms with Gasteiger partial charge in [-0.3, -0.25) is 10.6 Å². The van der Waals surface area contributed by atoms with Gasteiger partial charge in [-0.25, -0.2) is 0 Å². The van der Waals surface area contributed by atoms with Crippen molar-refractivity contribution in [3.8, 4) is 0 Å². The molecule has 2 heterocycles. The van der Waals surface area contributed by atoms with E-state index < -0.39 is 0 Å². The van der Waals surface area contributed by atoms with E-state index in [1.807, 2.05) is 0 Å². The molecule has 0 aromatic carbocycles. The summed E-state index contributed by atoms with van der Waals surface area (Å²) >= 11 is 0. The van der Waals surface area contributed by atoms with E-state index in [1.165, 1.54) is 24.1 Å². The molecule has 0 saturated carbocycles. The van der Waals surface area contributed by atoms with Gasteiger partial charge in [0.25, 0.3) is 0 Å². The zero-order chi connectivity index (χ0) is 13.5. The van der Waals surface area contributed by atoms with Crippen molar-refractivity contribution >= 4 is 0 Å². The second-order valence-electron chi connectivity index (χ2n) is 5.30. The van der Waals surface area contributed by atoms with E-state index in [4.69, 9.17) is 4.74 Å². The second-order valence-corrected chi connectivity index (χ2v) is 5.30. The van der Waals surface area contributed by atoms with E-state index in [2.05, 4.69) is 35.1 Å². The average molecular weight is 268 g/mol. The third-order valence-electron chi connectivity index (χ3n) is 3.79. The topological polar surface area (TPSA) is 57.4 Å². The molecule has 0 aromatic heterocycles. The summed E-state index contributed by atoms with van der Waals surface area (Å²) in [6.07, 6.45) is 3.87. The van der Waals surface area contributed by atoms with Crippen LogP contribution < -0.4 is 21.3 Å². The molecule has 0 aliphatic carbocycles. The number of hydrogen-bond acceptors (Lipinski definition) is 5. The van der Waals surface area contributed by atoms with Crippen LogP contribution >= 0.6 is 0 Å². The lowest BCUT2D eigenvalue weighted by atomic mass is 10.0. The Morgan fingerprint density at radius 1 is 1.32 bits per heavy atom. The van der Waals surface area contributed by atoms with Gasteiger partial charge in [-0.15, -0.1) is 0 Å². The maximum absolute atomic E-state index is 5.50. The molecule has 0 aromatic rings. The van der Waals surface area contributed by atoms with Gasteiger partial charge in [-0.05, 0) is 38.3 Å². The largest absolute Gasteiger partial charge is 0.380 e. The average Bonchev–Trinajstić information content (AvgIpc) is 2.94. The van der Waals surface area contributed by atoms with E-state index in [0.29, 0.717) is 6.04 Å². The highest BCUT2D eigenvalue weighted by atomic mass is 16.5. The molecular weight excluding hydrogens is 240 g/mol. The Morgan fingerprint density at radius 3 is 2.95 bits per heavy atom. The number of ether oxygens (including phenoxy) is 1. The molecule has 0 spiro atoms.